The third kappa shape index (κ3) is 2.87. The molecule has 4 nitrogen and oxygen atoms in total. The maximum absolute atomic E-state index is 12.5. The van der Waals surface area contributed by atoms with Crippen molar-refractivity contribution in [1.29, 1.82) is 0 Å². The molecule has 0 saturated carbocycles. The highest BCUT2D eigenvalue weighted by Gasteiger charge is 2.34. The summed E-state index contributed by atoms with van der Waals surface area (Å²) in [5.74, 6) is 0. The van der Waals surface area contributed by atoms with Gasteiger partial charge in [-0.3, -0.25) is 0 Å². The van der Waals surface area contributed by atoms with Gasteiger partial charge in [0.15, 0.2) is 0 Å². The highest BCUT2D eigenvalue weighted by atomic mass is 127. The van der Waals surface area contributed by atoms with Gasteiger partial charge in [-0.2, -0.15) is 4.31 Å². The second-order valence-electron chi connectivity index (χ2n) is 4.32. The second kappa shape index (κ2) is 5.85. The predicted octanol–water partition coefficient (Wildman–Crippen LogP) is 2.09. The molecule has 0 aliphatic carbocycles. The Morgan fingerprint density at radius 2 is 2.06 bits per heavy atom. The molecule has 1 aliphatic heterocycles. The van der Waals surface area contributed by atoms with Gasteiger partial charge in [0.25, 0.3) is 0 Å². The fourth-order valence-corrected chi connectivity index (χ4v) is 4.27. The van der Waals surface area contributed by atoms with E-state index in [1.165, 1.54) is 0 Å². The topological polar surface area (TPSA) is 46.6 Å². The molecule has 18 heavy (non-hydrogen) atoms. The van der Waals surface area contributed by atoms with E-state index in [-0.39, 0.29) is 6.04 Å². The zero-order valence-corrected chi connectivity index (χ0v) is 13.1. The van der Waals surface area contributed by atoms with Crippen LogP contribution in [0.1, 0.15) is 12.8 Å². The number of methoxy groups -OCH3 is 1. The first-order valence-electron chi connectivity index (χ1n) is 5.82. The lowest BCUT2D eigenvalue weighted by molar-refractivity contribution is 0.149. The summed E-state index contributed by atoms with van der Waals surface area (Å²) < 4.78 is 32.7. The standard InChI is InChI=1S/C12H16INO3S/c1-17-9-11-3-2-8-14(11)18(15,16)12-6-4-10(13)5-7-12/h4-7,11H,2-3,8-9H2,1H3/t11-/m0/s1. The van der Waals surface area contributed by atoms with Crippen molar-refractivity contribution in [3.63, 3.8) is 0 Å². The summed E-state index contributed by atoms with van der Waals surface area (Å²) in [7, 11) is -1.77. The van der Waals surface area contributed by atoms with Crippen molar-refractivity contribution in [1.82, 2.24) is 4.31 Å². The van der Waals surface area contributed by atoms with Gasteiger partial charge in [-0.25, -0.2) is 8.42 Å². The lowest BCUT2D eigenvalue weighted by atomic mass is 10.2. The maximum atomic E-state index is 12.5. The van der Waals surface area contributed by atoms with Crippen molar-refractivity contribution in [3.05, 3.63) is 27.8 Å². The van der Waals surface area contributed by atoms with Gasteiger partial charge in [0.05, 0.1) is 11.5 Å². The number of rotatable bonds is 4. The van der Waals surface area contributed by atoms with Crippen LogP contribution < -0.4 is 0 Å². The van der Waals surface area contributed by atoms with Gasteiger partial charge in [0, 0.05) is 23.3 Å². The van der Waals surface area contributed by atoms with Crippen LogP contribution in [0.2, 0.25) is 0 Å². The number of hydrogen-bond donors (Lipinski definition) is 0. The first-order chi connectivity index (χ1) is 8.55. The predicted molar refractivity (Wildman–Crippen MR) is 77.9 cm³/mol. The lowest BCUT2D eigenvalue weighted by Gasteiger charge is -2.23. The average molecular weight is 381 g/mol. The molecule has 0 spiro atoms. The van der Waals surface area contributed by atoms with Gasteiger partial charge < -0.3 is 4.74 Å². The monoisotopic (exact) mass is 381 g/mol. The van der Waals surface area contributed by atoms with Crippen molar-refractivity contribution >= 4 is 32.6 Å². The highest BCUT2D eigenvalue weighted by molar-refractivity contribution is 14.1. The summed E-state index contributed by atoms with van der Waals surface area (Å²) in [6, 6.07) is 6.93. The molecule has 1 fully saturated rings. The zero-order valence-electron chi connectivity index (χ0n) is 10.2. The minimum atomic E-state index is -3.38. The van der Waals surface area contributed by atoms with Crippen LogP contribution >= 0.6 is 22.6 Å². The number of halogens is 1. The number of hydrogen-bond acceptors (Lipinski definition) is 3. The van der Waals surface area contributed by atoms with Crippen molar-refractivity contribution in [2.75, 3.05) is 20.3 Å². The van der Waals surface area contributed by atoms with Gasteiger partial charge in [-0.1, -0.05) is 0 Å². The summed E-state index contributed by atoms with van der Waals surface area (Å²) in [5, 5.41) is 0. The maximum Gasteiger partial charge on any atom is 0.243 e. The van der Waals surface area contributed by atoms with Crippen LogP contribution in [-0.4, -0.2) is 39.0 Å². The SMILES string of the molecule is COC[C@@H]1CCCN1S(=O)(=O)c1ccc(I)cc1. The molecule has 0 N–H and O–H groups in total. The molecule has 0 amide bonds. The Hall–Kier alpha value is -0.180. The number of sulfonamides is 1. The summed E-state index contributed by atoms with van der Waals surface area (Å²) >= 11 is 2.16. The van der Waals surface area contributed by atoms with E-state index in [1.807, 2.05) is 12.1 Å². The molecule has 100 valence electrons. The molecule has 1 aromatic carbocycles. The fourth-order valence-electron chi connectivity index (χ4n) is 2.23. The van der Waals surface area contributed by atoms with Crippen molar-refractivity contribution < 1.29 is 13.2 Å². The van der Waals surface area contributed by atoms with Gasteiger partial charge >= 0.3 is 0 Å². The van der Waals surface area contributed by atoms with Gasteiger partial charge in [0.1, 0.15) is 0 Å². The smallest absolute Gasteiger partial charge is 0.243 e. The minimum Gasteiger partial charge on any atom is -0.383 e. The first kappa shape index (κ1) is 14.2. The largest absolute Gasteiger partial charge is 0.383 e. The molecule has 1 aromatic rings. The first-order valence-corrected chi connectivity index (χ1v) is 8.34. The molecular formula is C12H16INO3S. The summed E-state index contributed by atoms with van der Waals surface area (Å²) in [4.78, 5) is 0.367. The van der Waals surface area contributed by atoms with Crippen LogP contribution in [0.25, 0.3) is 0 Å². The van der Waals surface area contributed by atoms with E-state index in [1.54, 1.807) is 23.5 Å². The second-order valence-corrected chi connectivity index (χ2v) is 7.46. The number of benzene rings is 1. The van der Waals surface area contributed by atoms with E-state index in [9.17, 15) is 8.42 Å². The van der Waals surface area contributed by atoms with Crippen molar-refractivity contribution in [2.45, 2.75) is 23.8 Å². The molecule has 1 aliphatic rings. The van der Waals surface area contributed by atoms with E-state index in [0.717, 1.165) is 16.4 Å². The summed E-state index contributed by atoms with van der Waals surface area (Å²) in [6.45, 7) is 1.05. The molecule has 1 atom stereocenters. The van der Waals surface area contributed by atoms with Gasteiger partial charge in [-0.05, 0) is 59.7 Å². The normalized spacial score (nSPS) is 21.3. The van der Waals surface area contributed by atoms with Crippen molar-refractivity contribution in [2.24, 2.45) is 0 Å². The van der Waals surface area contributed by atoms with Crippen LogP contribution in [0, 0.1) is 3.57 Å². The molecule has 0 radical (unpaired) electrons. The Bertz CT molecular complexity index is 501. The van der Waals surface area contributed by atoms with E-state index < -0.39 is 10.0 Å². The van der Waals surface area contributed by atoms with Crippen LogP contribution in [-0.2, 0) is 14.8 Å². The Labute approximate surface area is 122 Å². The average Bonchev–Trinajstić information content (AvgIpc) is 2.79. The van der Waals surface area contributed by atoms with E-state index in [2.05, 4.69) is 22.6 Å². The van der Waals surface area contributed by atoms with Crippen LogP contribution in [0.15, 0.2) is 29.2 Å². The Morgan fingerprint density at radius 3 is 2.67 bits per heavy atom. The molecule has 1 heterocycles. The number of ether oxygens (including phenoxy) is 1. The van der Waals surface area contributed by atoms with Crippen molar-refractivity contribution in [3.8, 4) is 0 Å². The lowest BCUT2D eigenvalue weighted by Crippen LogP contribution is -2.38. The van der Waals surface area contributed by atoms with Crippen LogP contribution in [0.3, 0.4) is 0 Å². The fraction of sp³-hybridized carbons (Fsp3) is 0.500. The summed E-state index contributed by atoms with van der Waals surface area (Å²) in [6.07, 6.45) is 1.77. The quantitative estimate of drug-likeness (QED) is 0.751. The zero-order chi connectivity index (χ0) is 13.2. The molecule has 0 bridgehead atoms. The Morgan fingerprint density at radius 1 is 1.39 bits per heavy atom. The minimum absolute atomic E-state index is 0.0284. The third-order valence-electron chi connectivity index (χ3n) is 3.10. The highest BCUT2D eigenvalue weighted by Crippen LogP contribution is 2.26. The van der Waals surface area contributed by atoms with Crippen LogP contribution in [0.5, 0.6) is 0 Å². The molecule has 0 unspecified atom stereocenters. The van der Waals surface area contributed by atoms with E-state index in [0.29, 0.717) is 18.0 Å². The molecular weight excluding hydrogens is 365 g/mol. The number of nitrogens with zero attached hydrogens (tertiary/aromatic N) is 1. The molecule has 1 saturated heterocycles. The summed E-state index contributed by atoms with van der Waals surface area (Å²) in [5.41, 5.74) is 0. The van der Waals surface area contributed by atoms with E-state index in [4.69, 9.17) is 4.74 Å². The molecule has 0 aromatic heterocycles. The molecule has 2 rings (SSSR count). The molecule has 6 heteroatoms. The third-order valence-corrected chi connectivity index (χ3v) is 5.79. The Balaban J connectivity index is 2.27. The van der Waals surface area contributed by atoms with E-state index >= 15 is 0 Å². The van der Waals surface area contributed by atoms with Gasteiger partial charge in [-0.15, -0.1) is 0 Å². The Kier molecular flexibility index (Phi) is 4.63. The van der Waals surface area contributed by atoms with Gasteiger partial charge in [0.2, 0.25) is 10.0 Å². The van der Waals surface area contributed by atoms with Crippen LogP contribution in [0.4, 0.5) is 0 Å².